The van der Waals surface area contributed by atoms with E-state index in [1.165, 1.54) is 13.3 Å². The summed E-state index contributed by atoms with van der Waals surface area (Å²) >= 11 is 0. The second-order valence-corrected chi connectivity index (χ2v) is 6.54. The van der Waals surface area contributed by atoms with E-state index in [0.29, 0.717) is 11.4 Å². The summed E-state index contributed by atoms with van der Waals surface area (Å²) in [5.41, 5.74) is 4.11. The molecular formula is C24H22N4O2. The molecule has 0 atom stereocenters. The SMILES string of the molecule is COc1ccc(C)cc1NC(=O)/C(C#N)=C\Nc1ccc(Nc2ccccc2)cc1. The minimum absolute atomic E-state index is 0.0509. The average Bonchev–Trinajstić information content (AvgIpc) is 2.76. The number of hydrogen-bond acceptors (Lipinski definition) is 5. The van der Waals surface area contributed by atoms with Gasteiger partial charge in [-0.2, -0.15) is 5.26 Å². The van der Waals surface area contributed by atoms with Crippen molar-refractivity contribution in [1.29, 1.82) is 5.26 Å². The highest BCUT2D eigenvalue weighted by molar-refractivity contribution is 6.07. The van der Waals surface area contributed by atoms with Crippen LogP contribution in [0.15, 0.2) is 84.6 Å². The Morgan fingerprint density at radius 1 is 0.967 bits per heavy atom. The molecule has 6 nitrogen and oxygen atoms in total. The van der Waals surface area contributed by atoms with Gasteiger partial charge in [0.1, 0.15) is 17.4 Å². The van der Waals surface area contributed by atoms with Gasteiger partial charge in [-0.1, -0.05) is 24.3 Å². The summed E-state index contributed by atoms with van der Waals surface area (Å²) in [7, 11) is 1.53. The van der Waals surface area contributed by atoms with Gasteiger partial charge in [0.2, 0.25) is 0 Å². The molecular weight excluding hydrogens is 376 g/mol. The maximum atomic E-state index is 12.5. The van der Waals surface area contributed by atoms with Gasteiger partial charge in [0, 0.05) is 23.3 Å². The molecule has 0 aromatic heterocycles. The van der Waals surface area contributed by atoms with Crippen LogP contribution in [0.5, 0.6) is 5.75 Å². The molecule has 0 radical (unpaired) electrons. The van der Waals surface area contributed by atoms with E-state index in [-0.39, 0.29) is 5.57 Å². The molecule has 0 unspecified atom stereocenters. The smallest absolute Gasteiger partial charge is 0.267 e. The number of amides is 1. The molecule has 0 spiro atoms. The normalized spacial score (nSPS) is 10.6. The van der Waals surface area contributed by atoms with Gasteiger partial charge in [0.15, 0.2) is 0 Å². The van der Waals surface area contributed by atoms with Crippen molar-refractivity contribution < 1.29 is 9.53 Å². The molecule has 1 amide bonds. The number of hydrogen-bond donors (Lipinski definition) is 3. The summed E-state index contributed by atoms with van der Waals surface area (Å²) < 4.78 is 5.26. The molecule has 3 aromatic carbocycles. The molecule has 0 saturated carbocycles. The summed E-state index contributed by atoms with van der Waals surface area (Å²) in [6.45, 7) is 1.91. The van der Waals surface area contributed by atoms with Crippen LogP contribution < -0.4 is 20.7 Å². The van der Waals surface area contributed by atoms with Gasteiger partial charge in [-0.25, -0.2) is 0 Å². The summed E-state index contributed by atoms with van der Waals surface area (Å²) in [5, 5.41) is 18.4. The Morgan fingerprint density at radius 3 is 2.30 bits per heavy atom. The summed E-state index contributed by atoms with van der Waals surface area (Å²) in [6.07, 6.45) is 1.39. The number of nitrogens with zero attached hydrogens (tertiary/aromatic N) is 1. The molecule has 0 aliphatic rings. The number of nitriles is 1. The van der Waals surface area contributed by atoms with Crippen molar-refractivity contribution in [2.24, 2.45) is 0 Å². The molecule has 3 rings (SSSR count). The summed E-state index contributed by atoms with van der Waals surface area (Å²) in [4.78, 5) is 12.5. The first-order valence-corrected chi connectivity index (χ1v) is 9.34. The van der Waals surface area contributed by atoms with E-state index in [0.717, 1.165) is 22.6 Å². The lowest BCUT2D eigenvalue weighted by Crippen LogP contribution is -2.15. The molecule has 6 heteroatoms. The van der Waals surface area contributed by atoms with Gasteiger partial charge < -0.3 is 20.7 Å². The standard InChI is InChI=1S/C24H22N4O2/c1-17-8-13-23(30-2)22(14-17)28-24(29)18(15-25)16-26-19-9-11-21(12-10-19)27-20-6-4-3-5-7-20/h3-14,16,26-27H,1-2H3,(H,28,29)/b18-16-. The molecule has 0 bridgehead atoms. The molecule has 3 aromatic rings. The molecule has 3 N–H and O–H groups in total. The maximum Gasteiger partial charge on any atom is 0.267 e. The third kappa shape index (κ3) is 5.40. The Labute approximate surface area is 175 Å². The van der Waals surface area contributed by atoms with E-state index in [4.69, 9.17) is 4.74 Å². The first kappa shape index (κ1) is 20.5. The van der Waals surface area contributed by atoms with Crippen molar-refractivity contribution in [3.8, 4) is 11.8 Å². The van der Waals surface area contributed by atoms with E-state index < -0.39 is 5.91 Å². The number of nitrogens with one attached hydrogen (secondary N) is 3. The van der Waals surface area contributed by atoms with Gasteiger partial charge in [-0.15, -0.1) is 0 Å². The minimum atomic E-state index is -0.517. The highest BCUT2D eigenvalue weighted by Gasteiger charge is 2.12. The van der Waals surface area contributed by atoms with E-state index in [9.17, 15) is 10.1 Å². The zero-order valence-electron chi connectivity index (χ0n) is 16.8. The van der Waals surface area contributed by atoms with Crippen molar-refractivity contribution in [2.75, 3.05) is 23.1 Å². The minimum Gasteiger partial charge on any atom is -0.495 e. The fraction of sp³-hybridized carbons (Fsp3) is 0.0833. The largest absolute Gasteiger partial charge is 0.495 e. The molecule has 0 heterocycles. The molecule has 0 aliphatic heterocycles. The number of aryl methyl sites for hydroxylation is 1. The lowest BCUT2D eigenvalue weighted by molar-refractivity contribution is -0.112. The van der Waals surface area contributed by atoms with Crippen molar-refractivity contribution >= 4 is 28.7 Å². The lowest BCUT2D eigenvalue weighted by Gasteiger charge is -2.11. The van der Waals surface area contributed by atoms with Crippen LogP contribution in [-0.4, -0.2) is 13.0 Å². The second kappa shape index (κ2) is 9.80. The molecule has 0 aliphatic carbocycles. The molecule has 150 valence electrons. The zero-order chi connectivity index (χ0) is 21.3. The zero-order valence-corrected chi connectivity index (χ0v) is 16.8. The van der Waals surface area contributed by atoms with Gasteiger partial charge in [-0.3, -0.25) is 4.79 Å². The van der Waals surface area contributed by atoms with Crippen LogP contribution in [-0.2, 0) is 4.79 Å². The first-order chi connectivity index (χ1) is 14.6. The van der Waals surface area contributed by atoms with Crippen LogP contribution in [0.2, 0.25) is 0 Å². The third-order valence-electron chi connectivity index (χ3n) is 4.30. The van der Waals surface area contributed by atoms with Crippen LogP contribution in [0, 0.1) is 18.3 Å². The van der Waals surface area contributed by atoms with E-state index in [2.05, 4.69) is 16.0 Å². The maximum absolute atomic E-state index is 12.5. The summed E-state index contributed by atoms with van der Waals surface area (Å²) in [6, 6.07) is 24.7. The number of methoxy groups -OCH3 is 1. The van der Waals surface area contributed by atoms with Crippen LogP contribution in [0.4, 0.5) is 22.7 Å². The van der Waals surface area contributed by atoms with Gasteiger partial charge >= 0.3 is 0 Å². The molecule has 0 fully saturated rings. The van der Waals surface area contributed by atoms with Crippen molar-refractivity contribution in [2.45, 2.75) is 6.92 Å². The van der Waals surface area contributed by atoms with Crippen molar-refractivity contribution in [3.05, 3.63) is 90.1 Å². The fourth-order valence-electron chi connectivity index (χ4n) is 2.75. The Bertz CT molecular complexity index is 1080. The quantitative estimate of drug-likeness (QED) is 0.376. The second-order valence-electron chi connectivity index (χ2n) is 6.54. The number of rotatable bonds is 7. The third-order valence-corrected chi connectivity index (χ3v) is 4.30. The Kier molecular flexibility index (Phi) is 6.70. The van der Waals surface area contributed by atoms with Crippen LogP contribution in [0.1, 0.15) is 5.56 Å². The summed E-state index contributed by atoms with van der Waals surface area (Å²) in [5.74, 6) is 0.0111. The lowest BCUT2D eigenvalue weighted by atomic mass is 10.2. The predicted octanol–water partition coefficient (Wildman–Crippen LogP) is 5.21. The number of anilines is 4. The molecule has 0 saturated heterocycles. The van der Waals surface area contributed by atoms with E-state index in [1.807, 2.05) is 73.7 Å². The average molecular weight is 398 g/mol. The highest BCUT2D eigenvalue weighted by atomic mass is 16.5. The van der Waals surface area contributed by atoms with Crippen LogP contribution >= 0.6 is 0 Å². The van der Waals surface area contributed by atoms with Gasteiger partial charge in [0.25, 0.3) is 5.91 Å². The van der Waals surface area contributed by atoms with Crippen LogP contribution in [0.3, 0.4) is 0 Å². The number of carbonyl (C=O) groups is 1. The number of ether oxygens (including phenoxy) is 1. The van der Waals surface area contributed by atoms with Gasteiger partial charge in [-0.05, 0) is 61.0 Å². The van der Waals surface area contributed by atoms with Gasteiger partial charge in [0.05, 0.1) is 12.8 Å². The van der Waals surface area contributed by atoms with E-state index >= 15 is 0 Å². The van der Waals surface area contributed by atoms with Crippen molar-refractivity contribution in [3.63, 3.8) is 0 Å². The number of para-hydroxylation sites is 1. The van der Waals surface area contributed by atoms with Crippen molar-refractivity contribution in [1.82, 2.24) is 0 Å². The number of carbonyl (C=O) groups excluding carboxylic acids is 1. The Hall–Kier alpha value is -4.24. The van der Waals surface area contributed by atoms with Crippen LogP contribution in [0.25, 0.3) is 0 Å². The fourth-order valence-corrected chi connectivity index (χ4v) is 2.75. The monoisotopic (exact) mass is 398 g/mol. The highest BCUT2D eigenvalue weighted by Crippen LogP contribution is 2.25. The Morgan fingerprint density at radius 2 is 1.63 bits per heavy atom. The van der Waals surface area contributed by atoms with E-state index in [1.54, 1.807) is 12.1 Å². The topological polar surface area (TPSA) is 86.2 Å². The number of benzene rings is 3. The predicted molar refractivity (Wildman–Crippen MR) is 120 cm³/mol. The first-order valence-electron chi connectivity index (χ1n) is 9.34. The Balaban J connectivity index is 1.66. The molecule has 30 heavy (non-hydrogen) atoms.